The van der Waals surface area contributed by atoms with Crippen LogP contribution >= 0.6 is 23.4 Å². The molecule has 0 aromatic heterocycles. The van der Waals surface area contributed by atoms with E-state index in [1.54, 1.807) is 7.05 Å². The molecule has 142 valence electrons. The lowest BCUT2D eigenvalue weighted by Crippen LogP contribution is -2.31. The van der Waals surface area contributed by atoms with Gasteiger partial charge in [-0.3, -0.25) is 19.3 Å². The molecular formula is C18H17ClFN3O3S. The second kappa shape index (κ2) is 6.91. The third-order valence-corrected chi connectivity index (χ3v) is 6.62. The van der Waals surface area contributed by atoms with Gasteiger partial charge in [0.05, 0.1) is 34.0 Å². The van der Waals surface area contributed by atoms with Crippen molar-refractivity contribution >= 4 is 57.6 Å². The topological polar surface area (TPSA) is 70.1 Å². The Morgan fingerprint density at radius 2 is 1.78 bits per heavy atom. The molecule has 1 aromatic carbocycles. The molecular weight excluding hydrogens is 393 g/mol. The highest BCUT2D eigenvalue weighted by Gasteiger charge is 2.49. The van der Waals surface area contributed by atoms with Gasteiger partial charge in [-0.05, 0) is 25.0 Å². The monoisotopic (exact) mass is 409 g/mol. The zero-order valence-corrected chi connectivity index (χ0v) is 16.1. The van der Waals surface area contributed by atoms with Gasteiger partial charge in [-0.1, -0.05) is 36.2 Å². The largest absolute Gasteiger partial charge is 0.294 e. The minimum atomic E-state index is -0.743. The van der Waals surface area contributed by atoms with Crippen LogP contribution in [0.1, 0.15) is 25.7 Å². The van der Waals surface area contributed by atoms with E-state index in [0.29, 0.717) is 18.0 Å². The highest BCUT2D eigenvalue weighted by molar-refractivity contribution is 8.15. The Bertz CT molecular complexity index is 867. The first-order valence-electron chi connectivity index (χ1n) is 8.73. The highest BCUT2D eigenvalue weighted by Crippen LogP contribution is 2.42. The zero-order chi connectivity index (χ0) is 19.3. The van der Waals surface area contributed by atoms with Gasteiger partial charge in [-0.25, -0.2) is 14.3 Å². The number of amidine groups is 1. The van der Waals surface area contributed by atoms with Crippen LogP contribution in [0.3, 0.4) is 0 Å². The summed E-state index contributed by atoms with van der Waals surface area (Å²) < 4.78 is 14.6. The molecule has 2 heterocycles. The van der Waals surface area contributed by atoms with Gasteiger partial charge >= 0.3 is 0 Å². The van der Waals surface area contributed by atoms with E-state index in [2.05, 4.69) is 4.99 Å². The van der Waals surface area contributed by atoms with E-state index >= 15 is 0 Å². The Kier molecular flexibility index (Phi) is 4.71. The van der Waals surface area contributed by atoms with Crippen molar-refractivity contribution in [1.29, 1.82) is 0 Å². The normalized spacial score (nSPS) is 27.1. The Morgan fingerprint density at radius 3 is 2.33 bits per heavy atom. The third kappa shape index (κ3) is 3.04. The molecule has 1 aliphatic carbocycles. The maximum atomic E-state index is 14.6. The van der Waals surface area contributed by atoms with E-state index in [0.717, 1.165) is 23.8 Å². The van der Waals surface area contributed by atoms with Crippen LogP contribution in [0.25, 0.3) is 0 Å². The number of rotatable bonds is 2. The van der Waals surface area contributed by atoms with Crippen molar-refractivity contribution in [1.82, 2.24) is 4.90 Å². The number of halogens is 2. The number of benzene rings is 1. The van der Waals surface area contributed by atoms with Gasteiger partial charge < -0.3 is 0 Å². The molecule has 2 saturated heterocycles. The van der Waals surface area contributed by atoms with Crippen LogP contribution in [0.15, 0.2) is 17.1 Å². The molecule has 9 heteroatoms. The van der Waals surface area contributed by atoms with Crippen LogP contribution in [-0.4, -0.2) is 40.6 Å². The predicted molar refractivity (Wildman–Crippen MR) is 102 cm³/mol. The summed E-state index contributed by atoms with van der Waals surface area (Å²) in [4.78, 5) is 43.8. The molecule has 1 saturated carbocycles. The summed E-state index contributed by atoms with van der Waals surface area (Å²) in [6.45, 7) is 0. The summed E-state index contributed by atoms with van der Waals surface area (Å²) in [6.07, 6.45) is 3.10. The summed E-state index contributed by atoms with van der Waals surface area (Å²) in [7, 11) is 1.59. The molecule has 0 spiro atoms. The average Bonchev–Trinajstić information content (AvgIpc) is 3.09. The van der Waals surface area contributed by atoms with Crippen LogP contribution < -0.4 is 4.90 Å². The number of hydrogen-bond donors (Lipinski definition) is 0. The van der Waals surface area contributed by atoms with Crippen molar-refractivity contribution in [2.75, 3.05) is 17.7 Å². The quantitative estimate of drug-likeness (QED) is 0.702. The summed E-state index contributed by atoms with van der Waals surface area (Å²) in [5.41, 5.74) is 0.0905. The second-order valence-corrected chi connectivity index (χ2v) is 8.25. The van der Waals surface area contributed by atoms with Crippen LogP contribution in [0.4, 0.5) is 15.8 Å². The number of amides is 3. The van der Waals surface area contributed by atoms with Crippen molar-refractivity contribution in [2.45, 2.75) is 25.7 Å². The molecule has 0 bridgehead atoms. The lowest BCUT2D eigenvalue weighted by molar-refractivity contribution is -0.124. The van der Waals surface area contributed by atoms with Gasteiger partial charge in [0.25, 0.3) is 0 Å². The van der Waals surface area contributed by atoms with E-state index in [4.69, 9.17) is 11.6 Å². The lowest BCUT2D eigenvalue weighted by Gasteiger charge is -2.19. The Balaban J connectivity index is 1.74. The third-order valence-electron chi connectivity index (χ3n) is 5.30. The first-order chi connectivity index (χ1) is 12.9. The number of aliphatic imine (C=N–C) groups is 1. The van der Waals surface area contributed by atoms with Gasteiger partial charge in [0.2, 0.25) is 17.7 Å². The van der Waals surface area contributed by atoms with E-state index in [-0.39, 0.29) is 51.7 Å². The molecule has 3 fully saturated rings. The van der Waals surface area contributed by atoms with Gasteiger partial charge in [0, 0.05) is 7.05 Å². The molecule has 6 nitrogen and oxygen atoms in total. The predicted octanol–water partition coefficient (Wildman–Crippen LogP) is 3.35. The fourth-order valence-corrected chi connectivity index (χ4v) is 4.92. The number of hydrogen-bond acceptors (Lipinski definition) is 5. The van der Waals surface area contributed by atoms with Crippen molar-refractivity contribution < 1.29 is 18.8 Å². The summed E-state index contributed by atoms with van der Waals surface area (Å²) in [6, 6.07) is 2.37. The Morgan fingerprint density at radius 1 is 1.15 bits per heavy atom. The van der Waals surface area contributed by atoms with Gasteiger partial charge in [0.1, 0.15) is 5.82 Å². The molecule has 0 radical (unpaired) electrons. The number of nitrogens with zero attached hydrogens (tertiary/aromatic N) is 3. The average molecular weight is 410 g/mol. The lowest BCUT2D eigenvalue weighted by atomic mass is 9.81. The smallest absolute Gasteiger partial charge is 0.238 e. The molecule has 2 unspecified atom stereocenters. The van der Waals surface area contributed by atoms with Crippen molar-refractivity contribution in [3.05, 3.63) is 23.0 Å². The van der Waals surface area contributed by atoms with Crippen LogP contribution in [0.2, 0.25) is 5.02 Å². The molecule has 4 rings (SSSR count). The van der Waals surface area contributed by atoms with E-state index in [1.807, 2.05) is 0 Å². The second-order valence-electron chi connectivity index (χ2n) is 6.90. The fourth-order valence-electron chi connectivity index (χ4n) is 3.82. The molecule has 3 amide bonds. The number of imide groups is 1. The standard InChI is InChI=1S/C18H17ClFN3O3S/c1-22-15(24)8-27-18(22)21-13-7-14(12(20)6-11(13)19)23-16(25)9-4-2-3-5-10(9)17(23)26/h6-7,9-10H,2-5,8H2,1H3. The number of carbonyl (C=O) groups is 3. The van der Waals surface area contributed by atoms with E-state index in [9.17, 15) is 18.8 Å². The van der Waals surface area contributed by atoms with Crippen LogP contribution in [0.5, 0.6) is 0 Å². The van der Waals surface area contributed by atoms with Crippen LogP contribution in [-0.2, 0) is 14.4 Å². The van der Waals surface area contributed by atoms with Crippen molar-refractivity contribution in [3.63, 3.8) is 0 Å². The van der Waals surface area contributed by atoms with E-state index in [1.165, 1.54) is 22.7 Å². The molecule has 1 aromatic rings. The van der Waals surface area contributed by atoms with Crippen LogP contribution in [0, 0.1) is 17.7 Å². The van der Waals surface area contributed by atoms with Gasteiger partial charge in [-0.15, -0.1) is 0 Å². The molecule has 2 aliphatic heterocycles. The number of carbonyl (C=O) groups excluding carboxylic acids is 3. The molecule has 27 heavy (non-hydrogen) atoms. The summed E-state index contributed by atoms with van der Waals surface area (Å²) >= 11 is 7.37. The van der Waals surface area contributed by atoms with Gasteiger partial charge in [0.15, 0.2) is 5.17 Å². The van der Waals surface area contributed by atoms with Crippen molar-refractivity contribution in [2.24, 2.45) is 16.8 Å². The molecule has 3 aliphatic rings. The number of anilines is 1. The summed E-state index contributed by atoms with van der Waals surface area (Å²) in [5.74, 6) is -2.01. The SMILES string of the molecule is CN1C(=O)CSC1=Nc1cc(N2C(=O)C3CCCCC3C2=O)c(F)cc1Cl. The maximum absolute atomic E-state index is 14.6. The number of fused-ring (bicyclic) bond motifs is 1. The first-order valence-corrected chi connectivity index (χ1v) is 10.1. The van der Waals surface area contributed by atoms with Crippen molar-refractivity contribution in [3.8, 4) is 0 Å². The summed E-state index contributed by atoms with van der Waals surface area (Å²) in [5, 5.41) is 0.487. The van der Waals surface area contributed by atoms with E-state index < -0.39 is 5.82 Å². The molecule has 0 N–H and O–H groups in total. The minimum Gasteiger partial charge on any atom is -0.294 e. The zero-order valence-electron chi connectivity index (χ0n) is 14.6. The molecule has 2 atom stereocenters. The Labute approximate surface area is 164 Å². The van der Waals surface area contributed by atoms with Gasteiger partial charge in [-0.2, -0.15) is 0 Å². The fraction of sp³-hybridized carbons (Fsp3) is 0.444. The highest BCUT2D eigenvalue weighted by atomic mass is 35.5. The number of thioether (sulfide) groups is 1. The minimum absolute atomic E-state index is 0.0496. The maximum Gasteiger partial charge on any atom is 0.238 e. The first kappa shape index (κ1) is 18.4. The Hall–Kier alpha value is -1.93.